The highest BCUT2D eigenvalue weighted by atomic mass is 79.9. The summed E-state index contributed by atoms with van der Waals surface area (Å²) in [5, 5.41) is 3.33. The molecule has 2 rings (SSSR count). The average Bonchev–Trinajstić information content (AvgIpc) is 2.65. The quantitative estimate of drug-likeness (QED) is 0.926. The highest BCUT2D eigenvalue weighted by Gasteiger charge is 2.17. The van der Waals surface area contributed by atoms with Crippen molar-refractivity contribution < 1.29 is 4.42 Å². The van der Waals surface area contributed by atoms with Crippen molar-refractivity contribution in [1.82, 2.24) is 5.32 Å². The third kappa shape index (κ3) is 2.61. The fourth-order valence-electron chi connectivity index (χ4n) is 2.19. The van der Waals surface area contributed by atoms with Crippen LogP contribution < -0.4 is 5.32 Å². The van der Waals surface area contributed by atoms with Gasteiger partial charge in [0.2, 0.25) is 0 Å². The van der Waals surface area contributed by atoms with Crippen molar-refractivity contribution in [2.45, 2.75) is 19.9 Å². The fourth-order valence-corrected chi connectivity index (χ4v) is 2.66. The Morgan fingerprint density at radius 2 is 1.82 bits per heavy atom. The number of benzene rings is 1. The molecule has 1 unspecified atom stereocenters. The molecule has 1 atom stereocenters. The van der Waals surface area contributed by atoms with Crippen molar-refractivity contribution in [1.29, 1.82) is 0 Å². The first-order valence-corrected chi connectivity index (χ1v) is 6.39. The van der Waals surface area contributed by atoms with Crippen LogP contribution in [0.2, 0.25) is 0 Å². The summed E-state index contributed by atoms with van der Waals surface area (Å²) in [5.74, 6) is 0. The van der Waals surface area contributed by atoms with Gasteiger partial charge in [-0.15, -0.1) is 0 Å². The Morgan fingerprint density at radius 3 is 2.29 bits per heavy atom. The van der Waals surface area contributed by atoms with Crippen LogP contribution in [0.5, 0.6) is 0 Å². The van der Waals surface area contributed by atoms with Gasteiger partial charge in [-0.1, -0.05) is 29.3 Å². The van der Waals surface area contributed by atoms with Gasteiger partial charge in [-0.25, -0.2) is 0 Å². The maximum absolute atomic E-state index is 5.31. The van der Waals surface area contributed by atoms with Gasteiger partial charge in [0.05, 0.1) is 12.3 Å². The second kappa shape index (κ2) is 5.07. The summed E-state index contributed by atoms with van der Waals surface area (Å²) < 4.78 is 6.09. The first-order valence-electron chi connectivity index (χ1n) is 5.60. The van der Waals surface area contributed by atoms with Crippen LogP contribution in [0.25, 0.3) is 0 Å². The second-order valence-electron chi connectivity index (χ2n) is 4.29. The molecule has 0 saturated heterocycles. The van der Waals surface area contributed by atoms with Crippen molar-refractivity contribution in [2.75, 3.05) is 7.05 Å². The zero-order valence-electron chi connectivity index (χ0n) is 10.3. The number of hydrogen-bond donors (Lipinski definition) is 1. The molecule has 0 fully saturated rings. The van der Waals surface area contributed by atoms with Gasteiger partial charge in [0, 0.05) is 5.56 Å². The summed E-state index contributed by atoms with van der Waals surface area (Å²) in [7, 11) is 1.96. The summed E-state index contributed by atoms with van der Waals surface area (Å²) in [6.45, 7) is 4.24. The normalized spacial score (nSPS) is 12.7. The molecule has 2 aromatic rings. The predicted molar refractivity (Wildman–Crippen MR) is 73.2 cm³/mol. The van der Waals surface area contributed by atoms with Crippen LogP contribution >= 0.6 is 15.9 Å². The third-order valence-electron chi connectivity index (χ3n) is 2.82. The molecule has 3 heteroatoms. The van der Waals surface area contributed by atoms with Crippen LogP contribution in [-0.2, 0) is 0 Å². The van der Waals surface area contributed by atoms with Crippen LogP contribution in [0.3, 0.4) is 0 Å². The van der Waals surface area contributed by atoms with Gasteiger partial charge in [-0.3, -0.25) is 0 Å². The Bertz CT molecular complexity index is 498. The molecule has 0 bridgehead atoms. The summed E-state index contributed by atoms with van der Waals surface area (Å²) >= 11 is 3.44. The summed E-state index contributed by atoms with van der Waals surface area (Å²) in [4.78, 5) is 0. The molecule has 0 aliphatic rings. The van der Waals surface area contributed by atoms with Crippen LogP contribution in [0.1, 0.15) is 28.3 Å². The Kier molecular flexibility index (Phi) is 3.69. The number of rotatable bonds is 3. The van der Waals surface area contributed by atoms with E-state index >= 15 is 0 Å². The lowest BCUT2D eigenvalue weighted by atomic mass is 9.97. The third-order valence-corrected chi connectivity index (χ3v) is 3.47. The molecule has 0 radical (unpaired) electrons. The van der Waals surface area contributed by atoms with Crippen molar-refractivity contribution in [3.63, 3.8) is 0 Å². The lowest BCUT2D eigenvalue weighted by Gasteiger charge is -2.17. The van der Waals surface area contributed by atoms with E-state index in [0.29, 0.717) is 0 Å². The Labute approximate surface area is 110 Å². The smallest absolute Gasteiger partial charge is 0.174 e. The number of furan rings is 1. The Hall–Kier alpha value is -1.06. The second-order valence-corrected chi connectivity index (χ2v) is 5.01. The van der Waals surface area contributed by atoms with E-state index in [1.54, 1.807) is 6.26 Å². The molecule has 2 nitrogen and oxygen atoms in total. The summed E-state index contributed by atoms with van der Waals surface area (Å²) in [6, 6.07) is 8.73. The van der Waals surface area contributed by atoms with E-state index in [1.165, 1.54) is 16.7 Å². The van der Waals surface area contributed by atoms with Crippen LogP contribution in [0.4, 0.5) is 0 Å². The SMILES string of the molecule is CNC(c1cc(C)cc(C)c1)c1ccoc1Br. The molecule has 0 saturated carbocycles. The average molecular weight is 294 g/mol. The molecule has 0 amide bonds. The van der Waals surface area contributed by atoms with Crippen LogP contribution in [0, 0.1) is 13.8 Å². The first kappa shape index (κ1) is 12.4. The van der Waals surface area contributed by atoms with Crippen LogP contribution in [0.15, 0.2) is 39.6 Å². The van der Waals surface area contributed by atoms with E-state index in [2.05, 4.69) is 53.3 Å². The molecule has 90 valence electrons. The minimum absolute atomic E-state index is 0.154. The minimum atomic E-state index is 0.154. The molecule has 17 heavy (non-hydrogen) atoms. The van der Waals surface area contributed by atoms with E-state index in [0.717, 1.165) is 10.2 Å². The maximum atomic E-state index is 5.31. The Morgan fingerprint density at radius 1 is 1.18 bits per heavy atom. The van der Waals surface area contributed by atoms with E-state index < -0.39 is 0 Å². The molecule has 0 aliphatic heterocycles. The monoisotopic (exact) mass is 293 g/mol. The molecule has 1 aromatic carbocycles. The molecule has 1 aromatic heterocycles. The number of nitrogens with one attached hydrogen (secondary N) is 1. The highest BCUT2D eigenvalue weighted by Crippen LogP contribution is 2.30. The van der Waals surface area contributed by atoms with Gasteiger partial charge in [0.25, 0.3) is 0 Å². The maximum Gasteiger partial charge on any atom is 0.174 e. The number of aryl methyl sites for hydroxylation is 2. The zero-order valence-corrected chi connectivity index (χ0v) is 11.8. The lowest BCUT2D eigenvalue weighted by Crippen LogP contribution is -2.17. The van der Waals surface area contributed by atoms with Gasteiger partial charge in [-0.2, -0.15) is 0 Å². The molecule has 1 N–H and O–H groups in total. The molecule has 1 heterocycles. The lowest BCUT2D eigenvalue weighted by molar-refractivity contribution is 0.530. The van der Waals surface area contributed by atoms with Crippen LogP contribution in [-0.4, -0.2) is 7.05 Å². The summed E-state index contributed by atoms with van der Waals surface area (Å²) in [6.07, 6.45) is 1.70. The van der Waals surface area contributed by atoms with Crippen molar-refractivity contribution in [3.8, 4) is 0 Å². The van der Waals surface area contributed by atoms with Crippen molar-refractivity contribution in [3.05, 3.63) is 57.5 Å². The van der Waals surface area contributed by atoms with E-state index in [9.17, 15) is 0 Å². The largest absolute Gasteiger partial charge is 0.457 e. The molecule has 0 spiro atoms. The van der Waals surface area contributed by atoms with E-state index in [-0.39, 0.29) is 6.04 Å². The Balaban J connectivity index is 2.45. The molecular formula is C14H16BrNO. The van der Waals surface area contributed by atoms with E-state index in [4.69, 9.17) is 4.42 Å². The molecule has 0 aliphatic carbocycles. The number of hydrogen-bond acceptors (Lipinski definition) is 2. The highest BCUT2D eigenvalue weighted by molar-refractivity contribution is 9.10. The summed E-state index contributed by atoms with van der Waals surface area (Å²) in [5.41, 5.74) is 4.93. The van der Waals surface area contributed by atoms with Crippen molar-refractivity contribution >= 4 is 15.9 Å². The van der Waals surface area contributed by atoms with Gasteiger partial charge >= 0.3 is 0 Å². The first-order chi connectivity index (χ1) is 8.11. The molecular weight excluding hydrogens is 278 g/mol. The van der Waals surface area contributed by atoms with Gasteiger partial charge in [0.1, 0.15) is 0 Å². The topological polar surface area (TPSA) is 25.2 Å². The van der Waals surface area contributed by atoms with Gasteiger partial charge in [-0.05, 0) is 48.5 Å². The fraction of sp³-hybridized carbons (Fsp3) is 0.286. The van der Waals surface area contributed by atoms with Crippen molar-refractivity contribution in [2.24, 2.45) is 0 Å². The zero-order chi connectivity index (χ0) is 12.4. The van der Waals surface area contributed by atoms with Gasteiger partial charge in [0.15, 0.2) is 4.67 Å². The standard InChI is InChI=1S/C14H16BrNO/c1-9-6-10(2)8-11(7-9)13(16-3)12-4-5-17-14(12)15/h4-8,13,16H,1-3H3. The van der Waals surface area contributed by atoms with E-state index in [1.807, 2.05) is 13.1 Å². The van der Waals surface area contributed by atoms with Gasteiger partial charge < -0.3 is 9.73 Å². The minimum Gasteiger partial charge on any atom is -0.457 e. The predicted octanol–water partition coefficient (Wildman–Crippen LogP) is 3.97. The number of halogens is 1.